The lowest BCUT2D eigenvalue weighted by Gasteiger charge is -2.11. The van der Waals surface area contributed by atoms with Gasteiger partial charge in [0, 0.05) is 5.33 Å². The fourth-order valence-corrected chi connectivity index (χ4v) is 4.58. The molecule has 0 radical (unpaired) electrons. The smallest absolute Gasteiger partial charge is 0.282 e. The van der Waals surface area contributed by atoms with Gasteiger partial charge in [-0.1, -0.05) is 15.9 Å². The molecule has 0 aromatic heterocycles. The Kier molecular flexibility index (Phi) is 5.39. The van der Waals surface area contributed by atoms with E-state index in [0.717, 1.165) is 0 Å². The number of rotatable bonds is 6. The van der Waals surface area contributed by atoms with E-state index in [2.05, 4.69) is 15.9 Å². The highest BCUT2D eigenvalue weighted by Gasteiger charge is 2.22. The van der Waals surface area contributed by atoms with E-state index in [9.17, 15) is 25.3 Å². The van der Waals surface area contributed by atoms with Crippen LogP contribution in [0.5, 0.6) is 0 Å². The Morgan fingerprint density at radius 3 is 2.00 bits per heavy atom. The van der Waals surface area contributed by atoms with Crippen molar-refractivity contribution < 1.29 is 34.4 Å². The fourth-order valence-electron chi connectivity index (χ4n) is 1.29. The molecule has 13 heteroatoms. The monoisotopic (exact) mass is 423 g/mol. The third kappa shape index (κ3) is 5.19. The molecule has 0 saturated carbocycles. The molecule has 0 fully saturated rings. The second-order valence-electron chi connectivity index (χ2n) is 3.72. The highest BCUT2D eigenvalue weighted by molar-refractivity contribution is 9.09. The Morgan fingerprint density at radius 1 is 1.00 bits per heavy atom. The molecular weight excluding hydrogens is 414 g/mol. The van der Waals surface area contributed by atoms with Crippen LogP contribution in [0.2, 0.25) is 0 Å². The average molecular weight is 424 g/mol. The number of anilines is 1. The maximum Gasteiger partial charge on any atom is 0.296 e. The Bertz CT molecular complexity index is 844. The molecule has 1 rings (SSSR count). The second kappa shape index (κ2) is 6.18. The van der Waals surface area contributed by atoms with Crippen molar-refractivity contribution in [1.82, 2.24) is 0 Å². The second-order valence-corrected chi connectivity index (χ2v) is 9.16. The van der Waals surface area contributed by atoms with Crippen LogP contribution in [-0.4, -0.2) is 45.4 Å². The molecule has 3 N–H and O–H groups in total. The molecule has 0 aliphatic carbocycles. The molecule has 0 atom stereocenters. The van der Waals surface area contributed by atoms with E-state index in [4.69, 9.17) is 9.11 Å². The van der Waals surface area contributed by atoms with Crippen molar-refractivity contribution in [2.24, 2.45) is 0 Å². The Morgan fingerprint density at radius 2 is 1.57 bits per heavy atom. The quantitative estimate of drug-likeness (QED) is 0.436. The highest BCUT2D eigenvalue weighted by Crippen LogP contribution is 2.26. The minimum Gasteiger partial charge on any atom is -0.282 e. The molecule has 0 aliphatic heterocycles. The Hall–Kier alpha value is -0.730. The van der Waals surface area contributed by atoms with Crippen LogP contribution in [-0.2, 0) is 30.3 Å². The van der Waals surface area contributed by atoms with E-state index in [1.54, 1.807) is 0 Å². The molecule has 0 heterocycles. The van der Waals surface area contributed by atoms with Crippen LogP contribution in [0.15, 0.2) is 28.0 Å². The molecule has 0 bridgehead atoms. The SMILES string of the molecule is O=S(=O)(CCBr)Nc1cc(S(=O)(=O)O)ccc1S(=O)(=O)O. The van der Waals surface area contributed by atoms with Crippen molar-refractivity contribution in [1.29, 1.82) is 0 Å². The highest BCUT2D eigenvalue weighted by atomic mass is 79.9. The van der Waals surface area contributed by atoms with Crippen LogP contribution in [0, 0.1) is 0 Å². The fraction of sp³-hybridized carbons (Fsp3) is 0.250. The Labute approximate surface area is 130 Å². The predicted octanol–water partition coefficient (Wildman–Crippen LogP) is 0.317. The molecule has 0 aliphatic rings. The summed E-state index contributed by atoms with van der Waals surface area (Å²) in [6, 6.07) is 1.95. The normalized spacial score (nSPS) is 13.1. The molecule has 1 aromatic rings. The molecular formula is C8H10BrNO8S3. The van der Waals surface area contributed by atoms with Crippen LogP contribution >= 0.6 is 15.9 Å². The maximum absolute atomic E-state index is 11.6. The first-order valence-electron chi connectivity index (χ1n) is 5.02. The number of hydrogen-bond acceptors (Lipinski definition) is 6. The van der Waals surface area contributed by atoms with Gasteiger partial charge in [0.25, 0.3) is 20.2 Å². The molecule has 120 valence electrons. The molecule has 21 heavy (non-hydrogen) atoms. The van der Waals surface area contributed by atoms with Crippen molar-refractivity contribution in [2.45, 2.75) is 9.79 Å². The van der Waals surface area contributed by atoms with Crippen molar-refractivity contribution in [3.05, 3.63) is 18.2 Å². The van der Waals surface area contributed by atoms with E-state index >= 15 is 0 Å². The summed E-state index contributed by atoms with van der Waals surface area (Å²) >= 11 is 2.88. The maximum atomic E-state index is 11.6. The zero-order valence-corrected chi connectivity index (χ0v) is 14.1. The first-order chi connectivity index (χ1) is 9.37. The lowest BCUT2D eigenvalue weighted by molar-refractivity contribution is 0.479. The van der Waals surface area contributed by atoms with Crippen molar-refractivity contribution >= 4 is 51.9 Å². The molecule has 0 spiro atoms. The molecule has 0 unspecified atom stereocenters. The van der Waals surface area contributed by atoms with Crippen LogP contribution in [0.1, 0.15) is 0 Å². The summed E-state index contributed by atoms with van der Waals surface area (Å²) in [4.78, 5) is -1.57. The van der Waals surface area contributed by atoms with Crippen LogP contribution in [0.4, 0.5) is 5.69 Å². The zero-order chi connectivity index (χ0) is 16.5. The first kappa shape index (κ1) is 18.3. The summed E-state index contributed by atoms with van der Waals surface area (Å²) in [5.41, 5.74) is -0.687. The number of sulfonamides is 1. The van der Waals surface area contributed by atoms with E-state index in [0.29, 0.717) is 18.2 Å². The Balaban J connectivity index is 3.52. The van der Waals surface area contributed by atoms with Crippen molar-refractivity contribution in [2.75, 3.05) is 15.8 Å². The van der Waals surface area contributed by atoms with Gasteiger partial charge in [-0.2, -0.15) is 16.8 Å². The van der Waals surface area contributed by atoms with Crippen LogP contribution < -0.4 is 4.72 Å². The van der Waals surface area contributed by atoms with Gasteiger partial charge in [-0.25, -0.2) is 8.42 Å². The zero-order valence-electron chi connectivity index (χ0n) is 10.1. The van der Waals surface area contributed by atoms with Gasteiger partial charge < -0.3 is 0 Å². The summed E-state index contributed by atoms with van der Waals surface area (Å²) in [5, 5.41) is 0.0432. The topological polar surface area (TPSA) is 155 Å². The van der Waals surface area contributed by atoms with E-state index < -0.39 is 51.5 Å². The summed E-state index contributed by atoms with van der Waals surface area (Å²) in [6.07, 6.45) is 0. The van der Waals surface area contributed by atoms with E-state index in [1.165, 1.54) is 0 Å². The minimum absolute atomic E-state index is 0.0432. The van der Waals surface area contributed by atoms with Crippen LogP contribution in [0.3, 0.4) is 0 Å². The van der Waals surface area contributed by atoms with E-state index in [1.807, 2.05) is 4.72 Å². The number of alkyl halides is 1. The third-order valence-electron chi connectivity index (χ3n) is 2.14. The van der Waals surface area contributed by atoms with Crippen molar-refractivity contribution in [3.8, 4) is 0 Å². The standard InChI is InChI=1S/C8H10BrNO8S3/c9-3-4-19(11,12)10-7-5-6(20(13,14)15)1-2-8(7)21(16,17)18/h1-2,5,10H,3-4H2,(H,13,14,15)(H,16,17,18). The number of hydrogen-bond donors (Lipinski definition) is 3. The lowest BCUT2D eigenvalue weighted by atomic mass is 10.3. The lowest BCUT2D eigenvalue weighted by Crippen LogP contribution is -2.19. The summed E-state index contributed by atoms with van der Waals surface area (Å²) in [5.74, 6) is -0.423. The van der Waals surface area contributed by atoms with Gasteiger partial charge in [0.05, 0.1) is 16.3 Å². The average Bonchev–Trinajstić information content (AvgIpc) is 2.25. The summed E-state index contributed by atoms with van der Waals surface area (Å²) in [7, 11) is -13.5. The molecule has 0 amide bonds. The largest absolute Gasteiger partial charge is 0.296 e. The third-order valence-corrected chi connectivity index (χ3v) is 6.09. The van der Waals surface area contributed by atoms with Gasteiger partial charge in [-0.05, 0) is 18.2 Å². The number of benzene rings is 1. The van der Waals surface area contributed by atoms with Gasteiger partial charge in [-0.15, -0.1) is 0 Å². The van der Waals surface area contributed by atoms with Gasteiger partial charge in [0.2, 0.25) is 10.0 Å². The van der Waals surface area contributed by atoms with Gasteiger partial charge in [-0.3, -0.25) is 13.8 Å². The first-order valence-corrected chi connectivity index (χ1v) is 10.7. The number of nitrogens with one attached hydrogen (secondary N) is 1. The van der Waals surface area contributed by atoms with Crippen LogP contribution in [0.25, 0.3) is 0 Å². The predicted molar refractivity (Wildman–Crippen MR) is 77.3 cm³/mol. The summed E-state index contributed by atoms with van der Waals surface area (Å²) in [6.45, 7) is 0. The van der Waals surface area contributed by atoms with Gasteiger partial charge in [0.1, 0.15) is 4.90 Å². The molecule has 9 nitrogen and oxygen atoms in total. The molecule has 0 saturated heterocycles. The van der Waals surface area contributed by atoms with Gasteiger partial charge >= 0.3 is 0 Å². The van der Waals surface area contributed by atoms with Gasteiger partial charge in [0.15, 0.2) is 0 Å². The van der Waals surface area contributed by atoms with E-state index in [-0.39, 0.29) is 5.33 Å². The summed E-state index contributed by atoms with van der Waals surface area (Å²) < 4.78 is 87.3. The number of halogens is 1. The molecule has 1 aromatic carbocycles. The minimum atomic E-state index is -4.80. The van der Waals surface area contributed by atoms with Crippen molar-refractivity contribution in [3.63, 3.8) is 0 Å².